The molecule has 1 atom stereocenters. The van der Waals surface area contributed by atoms with Crippen LogP contribution in [-0.2, 0) is 0 Å². The largest absolute Gasteiger partial charge is 0.495 e. The van der Waals surface area contributed by atoms with E-state index in [0.29, 0.717) is 38.0 Å². The average Bonchev–Trinajstić information content (AvgIpc) is 3.06. The lowest BCUT2D eigenvalue weighted by molar-refractivity contribution is 0.0971. The maximum Gasteiger partial charge on any atom is 0.295 e. The van der Waals surface area contributed by atoms with Crippen molar-refractivity contribution in [1.82, 2.24) is 0 Å². The monoisotopic (exact) mass is 451 g/mol. The number of nitrogens with zero attached hydrogens (tertiary/aromatic N) is 1. The van der Waals surface area contributed by atoms with Gasteiger partial charge in [0.2, 0.25) is 5.76 Å². The van der Waals surface area contributed by atoms with Crippen molar-refractivity contribution in [2.75, 3.05) is 12.0 Å². The molecule has 1 aliphatic rings. The molecule has 0 N–H and O–H groups in total. The first-order valence-electron chi connectivity index (χ1n) is 9.48. The fraction of sp³-hybridized carbons (Fsp3) is 0.0833. The van der Waals surface area contributed by atoms with Gasteiger partial charge in [-0.3, -0.25) is 14.5 Å². The van der Waals surface area contributed by atoms with Crippen LogP contribution < -0.4 is 15.1 Å². The highest BCUT2D eigenvalue weighted by Gasteiger charge is 2.43. The summed E-state index contributed by atoms with van der Waals surface area (Å²) in [5.74, 6) is 0.0681. The third kappa shape index (κ3) is 3.09. The molecule has 0 bridgehead atoms. The molecule has 154 valence electrons. The fourth-order valence-corrected chi connectivity index (χ4v) is 4.43. The van der Waals surface area contributed by atoms with E-state index >= 15 is 0 Å². The van der Waals surface area contributed by atoms with E-state index in [4.69, 9.17) is 32.4 Å². The lowest BCUT2D eigenvalue weighted by Crippen LogP contribution is -2.29. The van der Waals surface area contributed by atoms with Gasteiger partial charge in [-0.05, 0) is 48.0 Å². The molecule has 1 unspecified atom stereocenters. The Morgan fingerprint density at radius 3 is 2.52 bits per heavy atom. The zero-order valence-corrected chi connectivity index (χ0v) is 17.8. The molecule has 2 heterocycles. The summed E-state index contributed by atoms with van der Waals surface area (Å²) in [7, 11) is 1.51. The molecule has 4 aromatic rings. The predicted octanol–water partition coefficient (Wildman–Crippen LogP) is 5.86. The first kappa shape index (κ1) is 19.7. The van der Waals surface area contributed by atoms with E-state index in [2.05, 4.69) is 0 Å². The summed E-state index contributed by atoms with van der Waals surface area (Å²) in [5.41, 5.74) is 1.58. The van der Waals surface area contributed by atoms with E-state index in [-0.39, 0.29) is 16.8 Å². The fourth-order valence-electron chi connectivity index (χ4n) is 3.98. The van der Waals surface area contributed by atoms with Gasteiger partial charge in [0.1, 0.15) is 11.3 Å². The number of anilines is 1. The Balaban J connectivity index is 1.80. The van der Waals surface area contributed by atoms with E-state index in [1.807, 2.05) is 6.07 Å². The number of hydrogen-bond acceptors (Lipinski definition) is 4. The molecule has 31 heavy (non-hydrogen) atoms. The Labute approximate surface area is 187 Å². The number of methoxy groups -OCH3 is 1. The number of rotatable bonds is 3. The van der Waals surface area contributed by atoms with Gasteiger partial charge in [0.05, 0.1) is 29.1 Å². The summed E-state index contributed by atoms with van der Waals surface area (Å²) < 4.78 is 11.2. The van der Waals surface area contributed by atoms with Gasteiger partial charge in [-0.15, -0.1) is 0 Å². The molecule has 5 rings (SSSR count). The number of ether oxygens (including phenoxy) is 1. The molecule has 5 nitrogen and oxygen atoms in total. The molecular weight excluding hydrogens is 437 g/mol. The third-order valence-corrected chi connectivity index (χ3v) is 5.89. The van der Waals surface area contributed by atoms with Crippen molar-refractivity contribution < 1.29 is 13.9 Å². The summed E-state index contributed by atoms with van der Waals surface area (Å²) in [4.78, 5) is 28.5. The minimum atomic E-state index is -0.716. The summed E-state index contributed by atoms with van der Waals surface area (Å²) >= 11 is 12.6. The highest BCUT2D eigenvalue weighted by molar-refractivity contribution is 6.32. The molecule has 3 aromatic carbocycles. The van der Waals surface area contributed by atoms with E-state index in [0.717, 1.165) is 0 Å². The second-order valence-corrected chi connectivity index (χ2v) is 7.97. The number of halogens is 2. The number of carbonyl (C=O) groups excluding carboxylic acids is 1. The van der Waals surface area contributed by atoms with Gasteiger partial charge in [-0.2, -0.15) is 0 Å². The Morgan fingerprint density at radius 1 is 0.968 bits per heavy atom. The number of hydrogen-bond donors (Lipinski definition) is 0. The number of amides is 1. The Kier molecular flexibility index (Phi) is 4.73. The quantitative estimate of drug-likeness (QED) is 0.391. The number of para-hydroxylation sites is 1. The molecule has 0 aliphatic carbocycles. The van der Waals surface area contributed by atoms with E-state index in [1.54, 1.807) is 60.7 Å². The van der Waals surface area contributed by atoms with Gasteiger partial charge in [-0.25, -0.2) is 0 Å². The van der Waals surface area contributed by atoms with Crippen molar-refractivity contribution >= 4 is 45.8 Å². The van der Waals surface area contributed by atoms with Crippen LogP contribution in [0.25, 0.3) is 11.0 Å². The number of carbonyl (C=O) groups is 1. The predicted molar refractivity (Wildman–Crippen MR) is 121 cm³/mol. The molecule has 0 saturated carbocycles. The SMILES string of the molecule is COc1ccc(N2C(=O)c3oc4ccccc4c(=O)c3C2c2cccc(Cl)c2)cc1Cl. The Morgan fingerprint density at radius 2 is 1.77 bits per heavy atom. The topological polar surface area (TPSA) is 59.8 Å². The lowest BCUT2D eigenvalue weighted by Gasteiger charge is -2.25. The molecule has 0 saturated heterocycles. The highest BCUT2D eigenvalue weighted by Crippen LogP contribution is 2.43. The van der Waals surface area contributed by atoms with Crippen LogP contribution in [0.5, 0.6) is 5.75 Å². The van der Waals surface area contributed by atoms with Crippen LogP contribution in [0.4, 0.5) is 5.69 Å². The molecule has 1 aliphatic heterocycles. The van der Waals surface area contributed by atoms with Crippen molar-refractivity contribution in [3.63, 3.8) is 0 Å². The molecule has 7 heteroatoms. The Bertz CT molecular complexity index is 1410. The van der Waals surface area contributed by atoms with Crippen LogP contribution in [0.2, 0.25) is 10.0 Å². The minimum Gasteiger partial charge on any atom is -0.495 e. The van der Waals surface area contributed by atoms with Crippen molar-refractivity contribution in [2.45, 2.75) is 6.04 Å². The first-order valence-corrected chi connectivity index (χ1v) is 10.2. The third-order valence-electron chi connectivity index (χ3n) is 5.36. The Hall–Kier alpha value is -3.28. The van der Waals surface area contributed by atoms with Gasteiger partial charge in [0, 0.05) is 10.7 Å². The van der Waals surface area contributed by atoms with Crippen molar-refractivity contribution in [3.8, 4) is 5.75 Å². The normalized spacial score (nSPS) is 15.4. The number of benzene rings is 3. The molecule has 0 spiro atoms. The average molecular weight is 452 g/mol. The zero-order chi connectivity index (χ0) is 21.7. The summed E-state index contributed by atoms with van der Waals surface area (Å²) in [6, 6.07) is 18.3. The summed E-state index contributed by atoms with van der Waals surface area (Å²) in [6.45, 7) is 0. The van der Waals surface area contributed by atoms with Crippen molar-refractivity contribution in [3.05, 3.63) is 104 Å². The second-order valence-electron chi connectivity index (χ2n) is 7.12. The van der Waals surface area contributed by atoms with Gasteiger partial charge in [0.15, 0.2) is 5.43 Å². The number of fused-ring (bicyclic) bond motifs is 2. The van der Waals surface area contributed by atoms with Crippen LogP contribution in [0.1, 0.15) is 27.7 Å². The molecule has 1 aromatic heterocycles. The van der Waals surface area contributed by atoms with Crippen molar-refractivity contribution in [2.24, 2.45) is 0 Å². The maximum atomic E-state index is 13.5. The molecule has 1 amide bonds. The van der Waals surface area contributed by atoms with Gasteiger partial charge in [0.25, 0.3) is 5.91 Å². The van der Waals surface area contributed by atoms with E-state index in [1.165, 1.54) is 12.0 Å². The van der Waals surface area contributed by atoms with Crippen LogP contribution in [-0.4, -0.2) is 13.0 Å². The minimum absolute atomic E-state index is 0.0145. The first-order chi connectivity index (χ1) is 15.0. The second kappa shape index (κ2) is 7.45. The van der Waals surface area contributed by atoms with E-state index in [9.17, 15) is 9.59 Å². The molecular formula is C24H15Cl2NO4. The van der Waals surface area contributed by atoms with Crippen LogP contribution in [0.3, 0.4) is 0 Å². The summed E-state index contributed by atoms with van der Waals surface area (Å²) in [6.07, 6.45) is 0. The maximum absolute atomic E-state index is 13.5. The van der Waals surface area contributed by atoms with Gasteiger partial charge >= 0.3 is 0 Å². The van der Waals surface area contributed by atoms with Crippen LogP contribution in [0.15, 0.2) is 75.9 Å². The zero-order valence-electron chi connectivity index (χ0n) is 16.3. The standard InChI is InChI=1S/C24H15Cl2NO4/c1-30-19-10-9-15(12-17(19)26)27-21(13-5-4-6-14(25)11-13)20-22(28)16-7-2-3-8-18(16)31-23(20)24(27)29/h2-12,21H,1H3. The van der Waals surface area contributed by atoms with Crippen LogP contribution >= 0.6 is 23.2 Å². The molecule has 0 fully saturated rings. The lowest BCUT2D eigenvalue weighted by atomic mass is 9.98. The van der Waals surface area contributed by atoms with Crippen LogP contribution in [0, 0.1) is 0 Å². The van der Waals surface area contributed by atoms with E-state index < -0.39 is 11.9 Å². The van der Waals surface area contributed by atoms with Crippen molar-refractivity contribution in [1.29, 1.82) is 0 Å². The summed E-state index contributed by atoms with van der Waals surface area (Å²) in [5, 5.41) is 1.25. The van der Waals surface area contributed by atoms with Gasteiger partial charge < -0.3 is 9.15 Å². The highest BCUT2D eigenvalue weighted by atomic mass is 35.5. The molecule has 0 radical (unpaired) electrons. The smallest absolute Gasteiger partial charge is 0.295 e. The van der Waals surface area contributed by atoms with Gasteiger partial charge in [-0.1, -0.05) is 47.5 Å².